The molecule has 3 nitrogen and oxygen atoms in total. The molecule has 0 aliphatic rings. The molecule has 0 bridgehead atoms. The molecule has 0 saturated carbocycles. The minimum absolute atomic E-state index is 0.375. The summed E-state index contributed by atoms with van der Waals surface area (Å²) in [6, 6.07) is 4.62. The second-order valence-corrected chi connectivity index (χ2v) is 5.19. The Morgan fingerprint density at radius 1 is 1.39 bits per heavy atom. The lowest BCUT2D eigenvalue weighted by atomic mass is 10.1. The third-order valence-electron chi connectivity index (χ3n) is 2.46. The summed E-state index contributed by atoms with van der Waals surface area (Å²) in [6.45, 7) is 4.80. The maximum absolute atomic E-state index is 11.8. The van der Waals surface area contributed by atoms with Crippen molar-refractivity contribution >= 4 is 29.2 Å². The van der Waals surface area contributed by atoms with Crippen molar-refractivity contribution in [3.05, 3.63) is 33.8 Å². The number of ether oxygens (including phenoxy) is 1. The topological polar surface area (TPSA) is 38.3 Å². The van der Waals surface area contributed by atoms with Crippen LogP contribution in [-0.4, -0.2) is 19.6 Å². The van der Waals surface area contributed by atoms with Crippen LogP contribution in [-0.2, 0) is 9.53 Å². The van der Waals surface area contributed by atoms with E-state index in [2.05, 4.69) is 19.2 Å². The highest BCUT2D eigenvalue weighted by Crippen LogP contribution is 2.30. The normalized spacial score (nSPS) is 12.6. The third-order valence-corrected chi connectivity index (χ3v) is 3.29. The molecule has 100 valence electrons. The molecule has 0 saturated heterocycles. The van der Waals surface area contributed by atoms with E-state index in [1.165, 1.54) is 7.11 Å². The summed E-state index contributed by atoms with van der Waals surface area (Å²) in [5.74, 6) is 0.0370. The molecule has 0 spiro atoms. The Morgan fingerprint density at radius 3 is 2.61 bits per heavy atom. The van der Waals surface area contributed by atoms with Gasteiger partial charge in [0.1, 0.15) is 6.04 Å². The van der Waals surface area contributed by atoms with Crippen molar-refractivity contribution in [2.45, 2.75) is 19.9 Å². The van der Waals surface area contributed by atoms with Gasteiger partial charge in [0, 0.05) is 5.56 Å². The molecular formula is C13H17Cl2NO2. The minimum Gasteiger partial charge on any atom is -0.468 e. The molecule has 0 amide bonds. The number of esters is 1. The molecular weight excluding hydrogens is 273 g/mol. The van der Waals surface area contributed by atoms with Crippen LogP contribution >= 0.6 is 23.2 Å². The zero-order valence-electron chi connectivity index (χ0n) is 10.7. The van der Waals surface area contributed by atoms with Crippen LogP contribution in [0.25, 0.3) is 0 Å². The van der Waals surface area contributed by atoms with Crippen molar-refractivity contribution in [1.82, 2.24) is 5.32 Å². The monoisotopic (exact) mass is 289 g/mol. The van der Waals surface area contributed by atoms with Crippen LogP contribution in [0.4, 0.5) is 0 Å². The maximum atomic E-state index is 11.8. The maximum Gasteiger partial charge on any atom is 0.327 e. The Labute approximate surface area is 117 Å². The highest BCUT2D eigenvalue weighted by molar-refractivity contribution is 6.42. The molecule has 0 fully saturated rings. The van der Waals surface area contributed by atoms with Gasteiger partial charge in [0.05, 0.1) is 17.2 Å². The summed E-state index contributed by atoms with van der Waals surface area (Å²) in [6.07, 6.45) is 0. The van der Waals surface area contributed by atoms with Crippen molar-refractivity contribution in [3.63, 3.8) is 0 Å². The molecule has 1 rings (SSSR count). The van der Waals surface area contributed by atoms with Crippen molar-refractivity contribution in [2.24, 2.45) is 5.92 Å². The highest BCUT2D eigenvalue weighted by atomic mass is 35.5. The number of hydrogen-bond acceptors (Lipinski definition) is 3. The Hall–Kier alpha value is -0.770. The van der Waals surface area contributed by atoms with Crippen LogP contribution < -0.4 is 5.32 Å². The smallest absolute Gasteiger partial charge is 0.327 e. The lowest BCUT2D eigenvalue weighted by molar-refractivity contribution is -0.143. The zero-order valence-corrected chi connectivity index (χ0v) is 12.2. The third kappa shape index (κ3) is 3.87. The van der Waals surface area contributed by atoms with Gasteiger partial charge in [-0.25, -0.2) is 4.79 Å². The summed E-state index contributed by atoms with van der Waals surface area (Å²) in [4.78, 5) is 11.8. The van der Waals surface area contributed by atoms with Gasteiger partial charge in [0.2, 0.25) is 0 Å². The molecule has 5 heteroatoms. The van der Waals surface area contributed by atoms with Crippen molar-refractivity contribution in [1.29, 1.82) is 0 Å². The molecule has 1 N–H and O–H groups in total. The Morgan fingerprint density at radius 2 is 2.06 bits per heavy atom. The molecule has 0 aromatic heterocycles. The number of rotatable bonds is 5. The first-order chi connectivity index (χ1) is 8.47. The molecule has 0 radical (unpaired) electrons. The molecule has 0 aliphatic heterocycles. The molecule has 1 atom stereocenters. The van der Waals surface area contributed by atoms with Gasteiger partial charge in [-0.05, 0) is 18.5 Å². The predicted molar refractivity (Wildman–Crippen MR) is 74.1 cm³/mol. The van der Waals surface area contributed by atoms with Crippen molar-refractivity contribution in [3.8, 4) is 0 Å². The number of carbonyl (C=O) groups excluding carboxylic acids is 1. The fourth-order valence-corrected chi connectivity index (χ4v) is 1.95. The Bertz CT molecular complexity index is 421. The number of carbonyl (C=O) groups is 1. The van der Waals surface area contributed by atoms with Crippen LogP contribution in [0.3, 0.4) is 0 Å². The van der Waals surface area contributed by atoms with Crippen LogP contribution in [0.5, 0.6) is 0 Å². The van der Waals surface area contributed by atoms with Crippen molar-refractivity contribution in [2.75, 3.05) is 13.7 Å². The molecule has 0 heterocycles. The van der Waals surface area contributed by atoms with Crippen LogP contribution in [0.15, 0.2) is 18.2 Å². The lowest BCUT2D eigenvalue weighted by Gasteiger charge is -2.19. The molecule has 18 heavy (non-hydrogen) atoms. The first kappa shape index (κ1) is 15.3. The highest BCUT2D eigenvalue weighted by Gasteiger charge is 2.24. The zero-order chi connectivity index (χ0) is 13.7. The molecule has 1 aromatic rings. The second kappa shape index (κ2) is 6.98. The van der Waals surface area contributed by atoms with E-state index in [9.17, 15) is 4.79 Å². The molecule has 0 aliphatic carbocycles. The Balaban J connectivity index is 3.01. The van der Waals surface area contributed by atoms with E-state index in [-0.39, 0.29) is 5.97 Å². The van der Waals surface area contributed by atoms with E-state index in [0.717, 1.165) is 0 Å². The van der Waals surface area contributed by atoms with Gasteiger partial charge in [-0.1, -0.05) is 49.2 Å². The molecule has 1 aromatic carbocycles. The first-order valence-corrected chi connectivity index (χ1v) is 6.48. The average Bonchev–Trinajstić information content (AvgIpc) is 2.33. The van der Waals surface area contributed by atoms with Gasteiger partial charge in [-0.3, -0.25) is 0 Å². The first-order valence-electron chi connectivity index (χ1n) is 5.72. The number of hydrogen-bond donors (Lipinski definition) is 1. The summed E-state index contributed by atoms with van der Waals surface area (Å²) < 4.78 is 4.79. The van der Waals surface area contributed by atoms with E-state index in [0.29, 0.717) is 28.1 Å². The fourth-order valence-electron chi connectivity index (χ4n) is 1.54. The second-order valence-electron chi connectivity index (χ2n) is 4.40. The summed E-state index contributed by atoms with van der Waals surface area (Å²) in [5.41, 5.74) is 0.636. The molecule has 1 unspecified atom stereocenters. The summed E-state index contributed by atoms with van der Waals surface area (Å²) in [7, 11) is 1.35. The van der Waals surface area contributed by atoms with Crippen LogP contribution in [0.1, 0.15) is 25.5 Å². The van der Waals surface area contributed by atoms with Gasteiger partial charge in [-0.2, -0.15) is 0 Å². The van der Waals surface area contributed by atoms with E-state index in [4.69, 9.17) is 27.9 Å². The summed E-state index contributed by atoms with van der Waals surface area (Å²) in [5, 5.41) is 3.94. The van der Waals surface area contributed by atoms with E-state index in [1.54, 1.807) is 18.2 Å². The number of methoxy groups -OCH3 is 1. The van der Waals surface area contributed by atoms with E-state index < -0.39 is 6.04 Å². The van der Waals surface area contributed by atoms with Gasteiger partial charge < -0.3 is 10.1 Å². The van der Waals surface area contributed by atoms with Gasteiger partial charge in [0.15, 0.2) is 0 Å². The SMILES string of the molecule is COC(=O)C(NCC(C)C)c1cccc(Cl)c1Cl. The number of nitrogens with one attached hydrogen (secondary N) is 1. The Kier molecular flexibility index (Phi) is 5.93. The number of benzene rings is 1. The summed E-state index contributed by atoms with van der Waals surface area (Å²) >= 11 is 12.1. The average molecular weight is 290 g/mol. The minimum atomic E-state index is -0.594. The standard InChI is InChI=1S/C13H17Cl2NO2/c1-8(2)7-16-12(13(17)18-3)9-5-4-6-10(14)11(9)15/h4-6,8,12,16H,7H2,1-3H3. The van der Waals surface area contributed by atoms with E-state index >= 15 is 0 Å². The van der Waals surface area contributed by atoms with Crippen LogP contribution in [0.2, 0.25) is 10.0 Å². The van der Waals surface area contributed by atoms with Gasteiger partial charge in [0.25, 0.3) is 0 Å². The van der Waals surface area contributed by atoms with E-state index in [1.807, 2.05) is 0 Å². The lowest BCUT2D eigenvalue weighted by Crippen LogP contribution is -2.32. The fraction of sp³-hybridized carbons (Fsp3) is 0.462. The number of halogens is 2. The van der Waals surface area contributed by atoms with Crippen LogP contribution in [0, 0.1) is 5.92 Å². The predicted octanol–water partition coefficient (Wildman–Crippen LogP) is 3.45. The largest absolute Gasteiger partial charge is 0.468 e. The quantitative estimate of drug-likeness (QED) is 0.844. The van der Waals surface area contributed by atoms with Crippen molar-refractivity contribution < 1.29 is 9.53 Å². The van der Waals surface area contributed by atoms with Gasteiger partial charge >= 0.3 is 5.97 Å². The van der Waals surface area contributed by atoms with Gasteiger partial charge in [-0.15, -0.1) is 0 Å².